The van der Waals surface area contributed by atoms with Gasteiger partial charge in [-0.15, -0.1) is 5.16 Å². The lowest BCUT2D eigenvalue weighted by Crippen LogP contribution is -2.19. The minimum atomic E-state index is -0.613. The first-order chi connectivity index (χ1) is 4.15. The summed E-state index contributed by atoms with van der Waals surface area (Å²) >= 11 is 0. The van der Waals surface area contributed by atoms with Crippen LogP contribution in [-0.4, -0.2) is 10.3 Å². The highest BCUT2D eigenvalue weighted by atomic mass is 31.1. The first-order valence-electron chi connectivity index (χ1n) is 3.67. The Balaban J connectivity index is 4.40. The molecule has 0 rings (SSSR count). The number of rotatable bonds is 0. The molecule has 0 unspecified atom stereocenters. The van der Waals surface area contributed by atoms with Crippen LogP contribution >= 0.6 is 7.71 Å². The predicted molar refractivity (Wildman–Crippen MR) is 49.1 cm³/mol. The molecule has 0 heterocycles. The summed E-state index contributed by atoms with van der Waals surface area (Å²) in [6.07, 6.45) is 0. The minimum Gasteiger partial charge on any atom is -0.124 e. The molecule has 0 aromatic heterocycles. The third-order valence-corrected chi connectivity index (χ3v) is 4.02. The van der Waals surface area contributed by atoms with Crippen LogP contribution in [0.5, 0.6) is 0 Å². The molecule has 0 radical (unpaired) electrons. The fourth-order valence-electron chi connectivity index (χ4n) is 1.01. The third-order valence-electron chi connectivity index (χ3n) is 1.34. The van der Waals surface area contributed by atoms with Gasteiger partial charge in [-0.25, -0.2) is 0 Å². The van der Waals surface area contributed by atoms with Crippen LogP contribution in [0.25, 0.3) is 0 Å². The Hall–Kier alpha value is 0.100. The van der Waals surface area contributed by atoms with Gasteiger partial charge in [0.1, 0.15) is 10.3 Å². The van der Waals surface area contributed by atoms with E-state index in [0.717, 1.165) is 0 Å². The van der Waals surface area contributed by atoms with Gasteiger partial charge in [-0.3, -0.25) is 0 Å². The van der Waals surface area contributed by atoms with Gasteiger partial charge in [0.2, 0.25) is 7.71 Å². The maximum atomic E-state index is 7.94. The van der Waals surface area contributed by atoms with Gasteiger partial charge in [0.15, 0.2) is 0 Å². The molecule has 10 heavy (non-hydrogen) atoms. The van der Waals surface area contributed by atoms with E-state index >= 15 is 0 Å². The van der Waals surface area contributed by atoms with Gasteiger partial charge in [0.05, 0.1) is 0 Å². The van der Waals surface area contributed by atoms with Crippen LogP contribution in [0, 0.1) is 5.16 Å². The van der Waals surface area contributed by atoms with Crippen molar-refractivity contribution in [3.8, 4) is 0 Å². The molecular weight excluding hydrogens is 141 g/mol. The molecule has 0 spiro atoms. The smallest absolute Gasteiger partial charge is 0.124 e. The number of nitrogens with one attached hydrogen (secondary N) is 1. The first-order valence-corrected chi connectivity index (χ1v) is 5.01. The Kier molecular flexibility index (Phi) is 2.64. The molecule has 0 saturated heterocycles. The quantitative estimate of drug-likeness (QED) is 0.521. The lowest BCUT2D eigenvalue weighted by molar-refractivity contribution is 0.711. The van der Waals surface area contributed by atoms with E-state index in [1.807, 2.05) is 0 Å². The highest BCUT2D eigenvalue weighted by Gasteiger charge is 2.40. The van der Waals surface area contributed by atoms with E-state index in [-0.39, 0.29) is 10.3 Å². The van der Waals surface area contributed by atoms with Crippen LogP contribution in [-0.2, 0) is 0 Å². The van der Waals surface area contributed by atoms with Crippen molar-refractivity contribution in [2.24, 2.45) is 0 Å². The van der Waals surface area contributed by atoms with Crippen LogP contribution in [0.2, 0.25) is 0 Å². The van der Waals surface area contributed by atoms with Crippen LogP contribution in [0.3, 0.4) is 0 Å². The van der Waals surface area contributed by atoms with Crippen molar-refractivity contribution in [3.05, 3.63) is 0 Å². The van der Waals surface area contributed by atoms with Crippen LogP contribution in [0.1, 0.15) is 41.5 Å². The Morgan fingerprint density at radius 2 is 1.00 bits per heavy atom. The normalized spacial score (nSPS) is 13.4. The molecule has 0 atom stereocenters. The van der Waals surface area contributed by atoms with Crippen LogP contribution in [0.15, 0.2) is 0 Å². The van der Waals surface area contributed by atoms with Crippen LogP contribution < -0.4 is 0 Å². The topological polar surface area (TPSA) is 23.9 Å². The van der Waals surface area contributed by atoms with Gasteiger partial charge in [-0.05, 0) is 41.5 Å². The van der Waals surface area contributed by atoms with Crippen LogP contribution in [0.4, 0.5) is 0 Å². The van der Waals surface area contributed by atoms with E-state index in [0.29, 0.717) is 0 Å². The summed E-state index contributed by atoms with van der Waals surface area (Å²) in [5, 5.41) is 8.29. The fraction of sp³-hybridized carbons (Fsp3) is 1.00. The Morgan fingerprint density at radius 1 is 0.800 bits per heavy atom. The highest BCUT2D eigenvalue weighted by molar-refractivity contribution is 7.49. The standard InChI is InChI=1S/C8H19NP/c1-7(2,3)10(9)8(4,5)6/h9H,1-6H3/q+1. The molecule has 60 valence electrons. The van der Waals surface area contributed by atoms with E-state index in [9.17, 15) is 0 Å². The van der Waals surface area contributed by atoms with E-state index in [1.165, 1.54) is 0 Å². The van der Waals surface area contributed by atoms with Crippen molar-refractivity contribution < 1.29 is 0 Å². The average Bonchev–Trinajstić information content (AvgIpc) is 1.59. The molecule has 0 amide bonds. The van der Waals surface area contributed by atoms with Crippen molar-refractivity contribution in [1.29, 1.82) is 5.16 Å². The summed E-state index contributed by atoms with van der Waals surface area (Å²) < 4.78 is 0. The monoisotopic (exact) mass is 160 g/mol. The summed E-state index contributed by atoms with van der Waals surface area (Å²) in [6.45, 7) is 12.9. The summed E-state index contributed by atoms with van der Waals surface area (Å²) in [7, 11) is -0.613. The second-order valence-corrected chi connectivity index (χ2v) is 8.03. The van der Waals surface area contributed by atoms with E-state index in [1.54, 1.807) is 0 Å². The Morgan fingerprint density at radius 3 is 1.00 bits per heavy atom. The van der Waals surface area contributed by atoms with Gasteiger partial charge in [-0.1, -0.05) is 0 Å². The van der Waals surface area contributed by atoms with Gasteiger partial charge < -0.3 is 0 Å². The van der Waals surface area contributed by atoms with Gasteiger partial charge in [0.25, 0.3) is 0 Å². The molecule has 0 aliphatic carbocycles. The molecule has 0 aromatic rings. The third kappa shape index (κ3) is 2.79. The fourth-order valence-corrected chi connectivity index (χ4v) is 3.02. The maximum Gasteiger partial charge on any atom is 0.207 e. The van der Waals surface area contributed by atoms with Gasteiger partial charge >= 0.3 is 0 Å². The van der Waals surface area contributed by atoms with Gasteiger partial charge in [-0.2, -0.15) is 0 Å². The highest BCUT2D eigenvalue weighted by Crippen LogP contribution is 2.49. The zero-order chi connectivity index (χ0) is 8.58. The Bertz CT molecular complexity index is 120. The second-order valence-electron chi connectivity index (χ2n) is 4.68. The molecule has 0 fully saturated rings. The summed E-state index contributed by atoms with van der Waals surface area (Å²) in [5.74, 6) is 0. The molecule has 0 aromatic carbocycles. The summed E-state index contributed by atoms with van der Waals surface area (Å²) in [6, 6.07) is 0. The van der Waals surface area contributed by atoms with Crippen molar-refractivity contribution in [3.63, 3.8) is 0 Å². The zero-order valence-electron chi connectivity index (χ0n) is 7.95. The zero-order valence-corrected chi connectivity index (χ0v) is 8.84. The van der Waals surface area contributed by atoms with E-state index < -0.39 is 7.71 Å². The number of hydrogen-bond donors (Lipinski definition) is 1. The van der Waals surface area contributed by atoms with Gasteiger partial charge in [0, 0.05) is 0 Å². The molecular formula is C8H19NP+. The molecule has 0 saturated carbocycles. The molecule has 2 heteroatoms. The molecule has 0 aliphatic heterocycles. The lowest BCUT2D eigenvalue weighted by atomic mass is 10.2. The first kappa shape index (κ1) is 10.1. The van der Waals surface area contributed by atoms with E-state index in [4.69, 9.17) is 5.16 Å². The molecule has 0 bridgehead atoms. The summed E-state index contributed by atoms with van der Waals surface area (Å²) in [5.41, 5.74) is 0. The maximum absolute atomic E-state index is 7.94. The average molecular weight is 160 g/mol. The molecule has 0 aliphatic rings. The minimum absolute atomic E-state index is 0.174. The van der Waals surface area contributed by atoms with Crippen molar-refractivity contribution in [2.45, 2.75) is 51.9 Å². The van der Waals surface area contributed by atoms with Crippen molar-refractivity contribution >= 4 is 7.71 Å². The second kappa shape index (κ2) is 2.62. The SMILES string of the molecule is CC(C)(C)[P+](=N)C(C)(C)C. The Labute approximate surface area is 65.5 Å². The summed E-state index contributed by atoms with van der Waals surface area (Å²) in [4.78, 5) is 0. The van der Waals surface area contributed by atoms with E-state index in [2.05, 4.69) is 41.5 Å². The number of hydrogen-bond acceptors (Lipinski definition) is 1. The predicted octanol–water partition coefficient (Wildman–Crippen LogP) is 3.83. The van der Waals surface area contributed by atoms with Crippen molar-refractivity contribution in [1.82, 2.24) is 0 Å². The molecule has 1 nitrogen and oxygen atoms in total. The largest absolute Gasteiger partial charge is 0.207 e. The lowest BCUT2D eigenvalue weighted by Gasteiger charge is -2.18. The van der Waals surface area contributed by atoms with Crippen molar-refractivity contribution in [2.75, 3.05) is 0 Å². The molecule has 1 N–H and O–H groups in total.